The highest BCUT2D eigenvalue weighted by molar-refractivity contribution is 9.11. The first kappa shape index (κ1) is 23.5. The Hall–Kier alpha value is -1.75. The molecular formula is C19H21Br2N3O4S. The van der Waals surface area contributed by atoms with Gasteiger partial charge in [-0.2, -0.15) is 9.82 Å². The van der Waals surface area contributed by atoms with Crippen LogP contribution in [0.2, 0.25) is 0 Å². The van der Waals surface area contributed by atoms with E-state index in [9.17, 15) is 18.3 Å². The summed E-state index contributed by atoms with van der Waals surface area (Å²) in [7, 11) is -3.86. The van der Waals surface area contributed by atoms with Gasteiger partial charge in [-0.25, -0.2) is 13.8 Å². The van der Waals surface area contributed by atoms with Gasteiger partial charge in [-0.1, -0.05) is 31.5 Å². The maximum Gasteiger partial charge on any atom is 0.258 e. The van der Waals surface area contributed by atoms with E-state index in [1.165, 1.54) is 18.3 Å². The van der Waals surface area contributed by atoms with E-state index in [1.54, 1.807) is 38.1 Å². The minimum atomic E-state index is -3.86. The van der Waals surface area contributed by atoms with Crippen molar-refractivity contribution in [1.29, 1.82) is 0 Å². The van der Waals surface area contributed by atoms with Crippen LogP contribution in [0, 0.1) is 12.8 Å². The van der Waals surface area contributed by atoms with Crippen molar-refractivity contribution in [2.75, 3.05) is 0 Å². The summed E-state index contributed by atoms with van der Waals surface area (Å²) in [6, 6.07) is 8.61. The van der Waals surface area contributed by atoms with Crippen molar-refractivity contribution < 1.29 is 18.3 Å². The van der Waals surface area contributed by atoms with Crippen molar-refractivity contribution in [3.63, 3.8) is 0 Å². The predicted molar refractivity (Wildman–Crippen MR) is 119 cm³/mol. The zero-order chi connectivity index (χ0) is 21.8. The van der Waals surface area contributed by atoms with Crippen LogP contribution in [0.5, 0.6) is 5.75 Å². The van der Waals surface area contributed by atoms with Gasteiger partial charge in [0.1, 0.15) is 11.8 Å². The predicted octanol–water partition coefficient (Wildman–Crippen LogP) is 3.68. The second-order valence-electron chi connectivity index (χ2n) is 6.72. The molecule has 0 saturated carbocycles. The number of amides is 1. The molecule has 0 heterocycles. The molecule has 10 heteroatoms. The molecule has 0 fully saturated rings. The van der Waals surface area contributed by atoms with Gasteiger partial charge >= 0.3 is 0 Å². The molecule has 1 amide bonds. The van der Waals surface area contributed by atoms with Crippen LogP contribution in [0.3, 0.4) is 0 Å². The number of nitrogens with one attached hydrogen (secondary N) is 2. The number of nitrogens with zero attached hydrogens (tertiary/aromatic N) is 1. The molecule has 3 N–H and O–H groups in total. The number of carbonyl (C=O) groups is 1. The van der Waals surface area contributed by atoms with Crippen LogP contribution >= 0.6 is 31.9 Å². The fourth-order valence-electron chi connectivity index (χ4n) is 2.34. The Balaban J connectivity index is 2.12. The molecule has 0 unspecified atom stereocenters. The van der Waals surface area contributed by atoms with Crippen molar-refractivity contribution in [2.45, 2.75) is 31.7 Å². The number of hydrazone groups is 1. The molecule has 0 bridgehead atoms. The number of halogens is 2. The number of aromatic hydroxyl groups is 1. The van der Waals surface area contributed by atoms with Crippen LogP contribution in [-0.4, -0.2) is 31.7 Å². The Morgan fingerprint density at radius 3 is 2.21 bits per heavy atom. The standard InChI is InChI=1S/C19H21Br2N3O4S/c1-11(2)17(24-29(27,28)14-6-4-12(3)5-7-14)19(26)23-22-10-13-8-15(20)18(25)16(21)9-13/h4-11,17,24-25H,1-3H3,(H,23,26)/b22-10-/t17-/m1/s1. The molecule has 2 aromatic carbocycles. The van der Waals surface area contributed by atoms with Gasteiger partial charge in [-0.15, -0.1) is 0 Å². The molecule has 0 aliphatic heterocycles. The summed E-state index contributed by atoms with van der Waals surface area (Å²) in [5.74, 6) is -0.831. The highest BCUT2D eigenvalue weighted by Crippen LogP contribution is 2.32. The lowest BCUT2D eigenvalue weighted by Crippen LogP contribution is -2.48. The number of sulfonamides is 1. The molecule has 0 aliphatic carbocycles. The molecule has 0 saturated heterocycles. The lowest BCUT2D eigenvalue weighted by Gasteiger charge is -2.20. The Morgan fingerprint density at radius 1 is 1.14 bits per heavy atom. The third kappa shape index (κ3) is 6.36. The summed E-state index contributed by atoms with van der Waals surface area (Å²) in [5.41, 5.74) is 3.91. The smallest absolute Gasteiger partial charge is 0.258 e. The lowest BCUT2D eigenvalue weighted by atomic mass is 10.1. The average Bonchev–Trinajstić information content (AvgIpc) is 2.64. The number of phenols is 1. The Bertz CT molecular complexity index is 999. The van der Waals surface area contributed by atoms with Crippen LogP contribution in [0.25, 0.3) is 0 Å². The van der Waals surface area contributed by atoms with E-state index >= 15 is 0 Å². The Labute approximate surface area is 186 Å². The van der Waals surface area contributed by atoms with E-state index in [1.807, 2.05) is 6.92 Å². The third-order valence-corrected chi connectivity index (χ3v) is 6.66. The molecular weight excluding hydrogens is 526 g/mol. The number of phenolic OH excluding ortho intramolecular Hbond substituents is 1. The highest BCUT2D eigenvalue weighted by atomic mass is 79.9. The Kier molecular flexibility index (Phi) is 7.98. The van der Waals surface area contributed by atoms with Crippen molar-refractivity contribution in [2.24, 2.45) is 11.0 Å². The maximum atomic E-state index is 12.6. The molecule has 2 aromatic rings. The number of rotatable bonds is 7. The number of hydrogen-bond donors (Lipinski definition) is 3. The summed E-state index contributed by atoms with van der Waals surface area (Å²) >= 11 is 6.43. The van der Waals surface area contributed by atoms with Crippen LogP contribution in [0.15, 0.2) is 55.3 Å². The van der Waals surface area contributed by atoms with Crippen molar-refractivity contribution >= 4 is 54.0 Å². The fourth-order valence-corrected chi connectivity index (χ4v) is 4.91. The van der Waals surface area contributed by atoms with E-state index < -0.39 is 22.0 Å². The topological polar surface area (TPSA) is 108 Å². The average molecular weight is 547 g/mol. The number of carbonyl (C=O) groups excluding carboxylic acids is 1. The van der Waals surface area contributed by atoms with E-state index in [-0.39, 0.29) is 16.6 Å². The summed E-state index contributed by atoms with van der Waals surface area (Å²) < 4.78 is 28.6. The minimum absolute atomic E-state index is 0.0524. The van der Waals surface area contributed by atoms with Gasteiger partial charge in [-0.05, 0) is 74.5 Å². The summed E-state index contributed by atoms with van der Waals surface area (Å²) in [5, 5.41) is 13.6. The fraction of sp³-hybridized carbons (Fsp3) is 0.263. The van der Waals surface area contributed by atoms with Gasteiger partial charge in [0.25, 0.3) is 5.91 Å². The van der Waals surface area contributed by atoms with Gasteiger partial charge in [0.05, 0.1) is 20.1 Å². The lowest BCUT2D eigenvalue weighted by molar-refractivity contribution is -0.123. The number of benzene rings is 2. The van der Waals surface area contributed by atoms with E-state index in [2.05, 4.69) is 47.1 Å². The first-order valence-electron chi connectivity index (χ1n) is 8.61. The number of aryl methyl sites for hydroxylation is 1. The molecule has 0 aromatic heterocycles. The van der Waals surface area contributed by atoms with Crippen molar-refractivity contribution in [3.05, 3.63) is 56.5 Å². The SMILES string of the molecule is Cc1ccc(S(=O)(=O)N[C@@H](C(=O)N/N=C\c2cc(Br)c(O)c(Br)c2)C(C)C)cc1. The molecule has 156 valence electrons. The second-order valence-corrected chi connectivity index (χ2v) is 10.1. The Morgan fingerprint density at radius 2 is 1.69 bits per heavy atom. The number of hydrogen-bond acceptors (Lipinski definition) is 5. The van der Waals surface area contributed by atoms with Crippen molar-refractivity contribution in [3.8, 4) is 5.75 Å². The third-order valence-electron chi connectivity index (χ3n) is 3.99. The normalized spacial score (nSPS) is 13.0. The zero-order valence-electron chi connectivity index (χ0n) is 16.0. The summed E-state index contributed by atoms with van der Waals surface area (Å²) in [6.45, 7) is 5.33. The zero-order valence-corrected chi connectivity index (χ0v) is 20.0. The summed E-state index contributed by atoms with van der Waals surface area (Å²) in [4.78, 5) is 12.6. The second kappa shape index (κ2) is 9.84. The van der Waals surface area contributed by atoms with Gasteiger partial charge in [0.15, 0.2) is 0 Å². The van der Waals surface area contributed by atoms with Crippen LogP contribution in [0.4, 0.5) is 0 Å². The molecule has 0 aliphatic rings. The first-order valence-corrected chi connectivity index (χ1v) is 11.7. The summed E-state index contributed by atoms with van der Waals surface area (Å²) in [6.07, 6.45) is 1.39. The first-order chi connectivity index (χ1) is 13.5. The highest BCUT2D eigenvalue weighted by Gasteiger charge is 2.28. The van der Waals surface area contributed by atoms with Gasteiger partial charge in [-0.3, -0.25) is 4.79 Å². The molecule has 2 rings (SSSR count). The molecule has 1 atom stereocenters. The maximum absolute atomic E-state index is 12.6. The van der Waals surface area contributed by atoms with E-state index in [0.717, 1.165) is 5.56 Å². The molecule has 29 heavy (non-hydrogen) atoms. The van der Waals surface area contributed by atoms with Crippen LogP contribution < -0.4 is 10.1 Å². The molecule has 7 nitrogen and oxygen atoms in total. The van der Waals surface area contributed by atoms with Crippen molar-refractivity contribution in [1.82, 2.24) is 10.1 Å². The van der Waals surface area contributed by atoms with Gasteiger partial charge in [0.2, 0.25) is 10.0 Å². The largest absolute Gasteiger partial charge is 0.506 e. The quantitative estimate of drug-likeness (QED) is 0.363. The van der Waals surface area contributed by atoms with Gasteiger partial charge < -0.3 is 5.11 Å². The van der Waals surface area contributed by atoms with Gasteiger partial charge in [0, 0.05) is 0 Å². The van der Waals surface area contributed by atoms with E-state index in [0.29, 0.717) is 14.5 Å². The minimum Gasteiger partial charge on any atom is -0.506 e. The molecule has 0 spiro atoms. The molecule has 0 radical (unpaired) electrons. The van der Waals surface area contributed by atoms with E-state index in [4.69, 9.17) is 0 Å². The van der Waals surface area contributed by atoms with Crippen LogP contribution in [-0.2, 0) is 14.8 Å². The monoisotopic (exact) mass is 545 g/mol. The van der Waals surface area contributed by atoms with Crippen LogP contribution in [0.1, 0.15) is 25.0 Å².